The van der Waals surface area contributed by atoms with Gasteiger partial charge in [0.15, 0.2) is 0 Å². The van der Waals surface area contributed by atoms with Crippen molar-refractivity contribution in [3.63, 3.8) is 0 Å². The van der Waals surface area contributed by atoms with Gasteiger partial charge >= 0.3 is 5.97 Å². The second-order valence-electron chi connectivity index (χ2n) is 7.41. The second-order valence-corrected chi connectivity index (χ2v) is 7.41. The molecule has 3 fully saturated rings. The molecule has 1 amide bonds. The predicted molar refractivity (Wildman–Crippen MR) is 95.0 cm³/mol. The van der Waals surface area contributed by atoms with Crippen LogP contribution in [0, 0.1) is 5.92 Å². The molecule has 2 aliphatic heterocycles. The molecule has 27 heavy (non-hydrogen) atoms. The first-order chi connectivity index (χ1) is 13.0. The van der Waals surface area contributed by atoms with Crippen LogP contribution < -0.4 is 21.5 Å². The van der Waals surface area contributed by atoms with Gasteiger partial charge in [0, 0.05) is 32.9 Å². The minimum atomic E-state index is -1.25. The Morgan fingerprint density at radius 1 is 1.19 bits per heavy atom. The topological polar surface area (TPSA) is 104 Å². The number of nitrogens with one attached hydrogen (secondary N) is 4. The lowest BCUT2D eigenvalue weighted by Gasteiger charge is -2.39. The molecule has 10 heteroatoms. The Morgan fingerprint density at radius 2 is 2.00 bits per heavy atom. The lowest BCUT2D eigenvalue weighted by Crippen LogP contribution is -2.63. The average molecular weight is 387 g/mol. The fourth-order valence-electron chi connectivity index (χ4n) is 4.15. The quantitative estimate of drug-likeness (QED) is 0.439. The van der Waals surface area contributed by atoms with Crippen LogP contribution in [0.5, 0.6) is 0 Å². The van der Waals surface area contributed by atoms with E-state index in [1.165, 1.54) is 14.2 Å². The number of methoxy groups -OCH3 is 2. The highest BCUT2D eigenvalue weighted by Crippen LogP contribution is 2.30. The molecule has 1 saturated carbocycles. The van der Waals surface area contributed by atoms with E-state index >= 15 is 0 Å². The molecule has 0 radical (unpaired) electrons. The number of ether oxygens (including phenoxy) is 2. The SMILES string of the molecule is COC(=O)C1CC(F)C(OC)CC1NC(=O)C1CCC(N2CCNC2)NN1. The maximum atomic E-state index is 14.2. The third-order valence-corrected chi connectivity index (χ3v) is 5.79. The molecule has 9 nitrogen and oxygen atoms in total. The summed E-state index contributed by atoms with van der Waals surface area (Å²) in [6.07, 6.45) is 0.0335. The lowest BCUT2D eigenvalue weighted by molar-refractivity contribution is -0.151. The highest BCUT2D eigenvalue weighted by molar-refractivity contribution is 5.83. The van der Waals surface area contributed by atoms with Gasteiger partial charge in [-0.2, -0.15) is 0 Å². The zero-order valence-corrected chi connectivity index (χ0v) is 15.9. The third-order valence-electron chi connectivity index (χ3n) is 5.79. The molecule has 154 valence electrons. The smallest absolute Gasteiger partial charge is 0.310 e. The van der Waals surface area contributed by atoms with Gasteiger partial charge in [-0.05, 0) is 25.7 Å². The van der Waals surface area contributed by atoms with E-state index in [-0.39, 0.29) is 24.9 Å². The molecule has 6 atom stereocenters. The van der Waals surface area contributed by atoms with Crippen molar-refractivity contribution in [1.29, 1.82) is 0 Å². The number of halogens is 1. The van der Waals surface area contributed by atoms with Gasteiger partial charge in [-0.3, -0.25) is 14.5 Å². The summed E-state index contributed by atoms with van der Waals surface area (Å²) >= 11 is 0. The molecule has 0 aromatic carbocycles. The first-order valence-corrected chi connectivity index (χ1v) is 9.54. The van der Waals surface area contributed by atoms with Crippen LogP contribution in [0.2, 0.25) is 0 Å². The van der Waals surface area contributed by atoms with Crippen molar-refractivity contribution in [1.82, 2.24) is 26.4 Å². The van der Waals surface area contributed by atoms with Crippen molar-refractivity contribution >= 4 is 11.9 Å². The standard InChI is InChI=1S/C17H30FN5O4/c1-26-14-8-13(10(7-11(14)18)17(25)27-2)20-16(24)12-3-4-15(22-21-12)23-6-5-19-9-23/h10-15,19,21-22H,3-9H2,1-2H3,(H,20,24). The van der Waals surface area contributed by atoms with E-state index in [0.717, 1.165) is 26.2 Å². The van der Waals surface area contributed by atoms with Crippen molar-refractivity contribution in [2.24, 2.45) is 5.92 Å². The number of hydrazine groups is 1. The molecule has 2 saturated heterocycles. The number of nitrogens with zero attached hydrogens (tertiary/aromatic N) is 1. The summed E-state index contributed by atoms with van der Waals surface area (Å²) in [5, 5.41) is 6.19. The molecule has 1 aliphatic carbocycles. The van der Waals surface area contributed by atoms with Crippen LogP contribution in [-0.4, -0.2) is 81.3 Å². The van der Waals surface area contributed by atoms with Gasteiger partial charge in [0.2, 0.25) is 5.91 Å². The summed E-state index contributed by atoms with van der Waals surface area (Å²) < 4.78 is 24.1. The van der Waals surface area contributed by atoms with Gasteiger partial charge in [0.1, 0.15) is 12.2 Å². The molecule has 6 unspecified atom stereocenters. The maximum Gasteiger partial charge on any atom is 0.310 e. The largest absolute Gasteiger partial charge is 0.469 e. The normalized spacial score (nSPS) is 37.7. The van der Waals surface area contributed by atoms with Crippen LogP contribution in [-0.2, 0) is 19.1 Å². The van der Waals surface area contributed by atoms with Crippen molar-refractivity contribution in [3.8, 4) is 0 Å². The Morgan fingerprint density at radius 3 is 2.59 bits per heavy atom. The van der Waals surface area contributed by atoms with Gasteiger partial charge in [-0.25, -0.2) is 15.2 Å². The molecule has 4 N–H and O–H groups in total. The summed E-state index contributed by atoms with van der Waals surface area (Å²) in [6.45, 7) is 2.78. The zero-order chi connectivity index (χ0) is 19.4. The predicted octanol–water partition coefficient (Wildman–Crippen LogP) is -1.15. The lowest BCUT2D eigenvalue weighted by atomic mass is 9.81. The molecular formula is C17H30FN5O4. The van der Waals surface area contributed by atoms with E-state index in [0.29, 0.717) is 6.42 Å². The maximum absolute atomic E-state index is 14.2. The summed E-state index contributed by atoms with van der Waals surface area (Å²) in [5.41, 5.74) is 6.27. The monoisotopic (exact) mass is 387 g/mol. The van der Waals surface area contributed by atoms with Crippen LogP contribution in [0.1, 0.15) is 25.7 Å². The Hall–Kier alpha value is -1.33. The van der Waals surface area contributed by atoms with Crippen LogP contribution in [0.4, 0.5) is 4.39 Å². The van der Waals surface area contributed by atoms with E-state index in [4.69, 9.17) is 9.47 Å². The molecule has 3 rings (SSSR count). The Balaban J connectivity index is 1.55. The summed E-state index contributed by atoms with van der Waals surface area (Å²) in [5.74, 6) is -1.42. The van der Waals surface area contributed by atoms with E-state index in [2.05, 4.69) is 26.4 Å². The summed E-state index contributed by atoms with van der Waals surface area (Å²) in [7, 11) is 2.71. The summed E-state index contributed by atoms with van der Waals surface area (Å²) in [6, 6.07) is -0.914. The fourth-order valence-corrected chi connectivity index (χ4v) is 4.15. The molecule has 2 heterocycles. The molecule has 0 aromatic heterocycles. The van der Waals surface area contributed by atoms with Crippen molar-refractivity contribution in [2.75, 3.05) is 34.0 Å². The van der Waals surface area contributed by atoms with Crippen LogP contribution in [0.3, 0.4) is 0 Å². The number of amides is 1. The van der Waals surface area contributed by atoms with Gasteiger partial charge in [0.05, 0.1) is 25.3 Å². The number of hydrogen-bond acceptors (Lipinski definition) is 8. The van der Waals surface area contributed by atoms with Gasteiger partial charge in [-0.1, -0.05) is 0 Å². The first-order valence-electron chi connectivity index (χ1n) is 9.54. The van der Waals surface area contributed by atoms with Crippen molar-refractivity contribution < 1.29 is 23.5 Å². The van der Waals surface area contributed by atoms with Gasteiger partial charge in [0.25, 0.3) is 0 Å². The van der Waals surface area contributed by atoms with Gasteiger partial charge in [-0.15, -0.1) is 0 Å². The number of rotatable bonds is 5. The first kappa shape index (κ1) is 20.4. The molecular weight excluding hydrogens is 357 g/mol. The average Bonchev–Trinajstić information content (AvgIpc) is 3.23. The Labute approximate surface area is 158 Å². The van der Waals surface area contributed by atoms with Crippen molar-refractivity contribution in [2.45, 2.75) is 56.2 Å². The minimum absolute atomic E-state index is 0.0174. The van der Waals surface area contributed by atoms with Crippen LogP contribution in [0.25, 0.3) is 0 Å². The third kappa shape index (κ3) is 4.75. The zero-order valence-electron chi connectivity index (χ0n) is 15.9. The van der Waals surface area contributed by atoms with Crippen LogP contribution >= 0.6 is 0 Å². The molecule has 0 spiro atoms. The van der Waals surface area contributed by atoms with E-state index in [1.54, 1.807) is 0 Å². The fraction of sp³-hybridized carbons (Fsp3) is 0.882. The van der Waals surface area contributed by atoms with Gasteiger partial charge < -0.3 is 20.1 Å². The number of hydrogen-bond donors (Lipinski definition) is 4. The highest BCUT2D eigenvalue weighted by Gasteiger charge is 2.43. The molecule has 0 aromatic rings. The van der Waals surface area contributed by atoms with E-state index < -0.39 is 36.2 Å². The number of alkyl halides is 1. The summed E-state index contributed by atoms with van der Waals surface area (Å²) in [4.78, 5) is 27.0. The van der Waals surface area contributed by atoms with Crippen LogP contribution in [0.15, 0.2) is 0 Å². The Kier molecular flexibility index (Phi) is 6.99. The number of carbonyl (C=O) groups is 2. The second kappa shape index (κ2) is 9.24. The van der Waals surface area contributed by atoms with E-state index in [1.807, 2.05) is 0 Å². The minimum Gasteiger partial charge on any atom is -0.469 e. The van der Waals surface area contributed by atoms with E-state index in [9.17, 15) is 14.0 Å². The Bertz CT molecular complexity index is 525. The van der Waals surface area contributed by atoms with Crippen molar-refractivity contribution in [3.05, 3.63) is 0 Å². The molecule has 0 bridgehead atoms. The number of esters is 1. The highest BCUT2D eigenvalue weighted by atomic mass is 19.1. The molecule has 3 aliphatic rings. The number of carbonyl (C=O) groups excluding carboxylic acids is 2.